The van der Waals surface area contributed by atoms with Crippen molar-refractivity contribution in [3.8, 4) is 11.5 Å². The molecule has 0 spiro atoms. The topological polar surface area (TPSA) is 67.8 Å². The highest BCUT2D eigenvalue weighted by Gasteiger charge is 2.37. The number of nitrogens with one attached hydrogen (secondary N) is 1. The van der Waals surface area contributed by atoms with Crippen LogP contribution in [0.1, 0.15) is 28.9 Å². The minimum absolute atomic E-state index is 0.248. The van der Waals surface area contributed by atoms with Crippen molar-refractivity contribution in [1.82, 2.24) is 5.32 Å². The first-order valence-corrected chi connectivity index (χ1v) is 5.34. The lowest BCUT2D eigenvalue weighted by Crippen LogP contribution is -2.27. The van der Waals surface area contributed by atoms with Crippen LogP contribution in [0.5, 0.6) is 11.5 Å². The van der Waals surface area contributed by atoms with Crippen molar-refractivity contribution in [3.63, 3.8) is 0 Å². The number of fused-ring (bicyclic) bond motifs is 1. The van der Waals surface area contributed by atoms with E-state index in [9.17, 15) is 9.90 Å². The average Bonchev–Trinajstić information content (AvgIpc) is 2.67. The summed E-state index contributed by atoms with van der Waals surface area (Å²) in [7, 11) is 3.04. The van der Waals surface area contributed by atoms with Crippen LogP contribution >= 0.6 is 0 Å². The molecule has 17 heavy (non-hydrogen) atoms. The summed E-state index contributed by atoms with van der Waals surface area (Å²) in [5.41, 5.74) is 1.10. The molecule has 2 unspecified atom stereocenters. The van der Waals surface area contributed by atoms with Crippen molar-refractivity contribution < 1.29 is 19.4 Å². The Kier molecular flexibility index (Phi) is 2.93. The summed E-state index contributed by atoms with van der Waals surface area (Å²) >= 11 is 0. The van der Waals surface area contributed by atoms with E-state index < -0.39 is 12.1 Å². The third-order valence-corrected chi connectivity index (χ3v) is 2.91. The standard InChI is InChI=1S/C12H15NO4/c1-6(14)11-9-7(16-2)4-5-8(17-3)10(9)12(15)13-11/h4-6,11,14H,1-3H3,(H,13,15). The second-order valence-corrected chi connectivity index (χ2v) is 3.95. The Morgan fingerprint density at radius 3 is 2.41 bits per heavy atom. The van der Waals surface area contributed by atoms with E-state index in [1.54, 1.807) is 19.1 Å². The van der Waals surface area contributed by atoms with Crippen LogP contribution in [0.4, 0.5) is 0 Å². The van der Waals surface area contributed by atoms with Gasteiger partial charge in [0.15, 0.2) is 0 Å². The van der Waals surface area contributed by atoms with Crippen LogP contribution in [0.2, 0.25) is 0 Å². The fourth-order valence-electron chi connectivity index (χ4n) is 2.12. The molecule has 1 aromatic carbocycles. The Morgan fingerprint density at radius 2 is 1.88 bits per heavy atom. The number of rotatable bonds is 3. The van der Waals surface area contributed by atoms with E-state index >= 15 is 0 Å². The molecule has 2 atom stereocenters. The van der Waals surface area contributed by atoms with Gasteiger partial charge in [-0.15, -0.1) is 0 Å². The molecule has 0 bridgehead atoms. The lowest BCUT2D eigenvalue weighted by atomic mass is 9.99. The number of hydrogen-bond acceptors (Lipinski definition) is 4. The van der Waals surface area contributed by atoms with Crippen molar-refractivity contribution in [2.45, 2.75) is 19.1 Å². The van der Waals surface area contributed by atoms with E-state index in [1.807, 2.05) is 0 Å². The van der Waals surface area contributed by atoms with E-state index in [-0.39, 0.29) is 5.91 Å². The molecule has 1 aromatic rings. The van der Waals surface area contributed by atoms with Gasteiger partial charge in [0.05, 0.1) is 31.9 Å². The maximum atomic E-state index is 11.9. The van der Waals surface area contributed by atoms with Gasteiger partial charge in [-0.1, -0.05) is 0 Å². The summed E-state index contributed by atoms with van der Waals surface area (Å²) in [6, 6.07) is 2.96. The molecule has 0 aliphatic carbocycles. The van der Waals surface area contributed by atoms with Crippen molar-refractivity contribution in [3.05, 3.63) is 23.3 Å². The molecule has 5 heteroatoms. The zero-order chi connectivity index (χ0) is 12.6. The van der Waals surface area contributed by atoms with Crippen molar-refractivity contribution in [2.75, 3.05) is 14.2 Å². The number of aliphatic hydroxyl groups excluding tert-OH is 1. The lowest BCUT2D eigenvalue weighted by Gasteiger charge is -2.17. The van der Waals surface area contributed by atoms with Gasteiger partial charge in [-0.05, 0) is 19.1 Å². The van der Waals surface area contributed by atoms with Gasteiger partial charge in [-0.2, -0.15) is 0 Å². The fraction of sp³-hybridized carbons (Fsp3) is 0.417. The minimum atomic E-state index is -0.693. The first-order chi connectivity index (χ1) is 8.10. The largest absolute Gasteiger partial charge is 0.496 e. The second-order valence-electron chi connectivity index (χ2n) is 3.95. The number of benzene rings is 1. The first-order valence-electron chi connectivity index (χ1n) is 5.34. The van der Waals surface area contributed by atoms with Gasteiger partial charge in [0.1, 0.15) is 11.5 Å². The number of amides is 1. The van der Waals surface area contributed by atoms with Gasteiger partial charge in [0.2, 0.25) is 0 Å². The lowest BCUT2D eigenvalue weighted by molar-refractivity contribution is 0.0898. The van der Waals surface area contributed by atoms with Gasteiger partial charge >= 0.3 is 0 Å². The van der Waals surface area contributed by atoms with E-state index in [4.69, 9.17) is 9.47 Å². The molecule has 2 rings (SSSR count). The smallest absolute Gasteiger partial charge is 0.256 e. The summed E-state index contributed by atoms with van der Waals surface area (Å²) in [4.78, 5) is 11.9. The molecule has 1 aliphatic heterocycles. The number of ether oxygens (including phenoxy) is 2. The maximum absolute atomic E-state index is 11.9. The zero-order valence-corrected chi connectivity index (χ0v) is 9.98. The van der Waals surface area contributed by atoms with Crippen LogP contribution in [-0.4, -0.2) is 31.3 Å². The highest BCUT2D eigenvalue weighted by molar-refractivity contribution is 6.02. The molecule has 0 fully saturated rings. The molecule has 1 heterocycles. The third kappa shape index (κ3) is 1.72. The third-order valence-electron chi connectivity index (χ3n) is 2.91. The van der Waals surface area contributed by atoms with Crippen LogP contribution in [0, 0.1) is 0 Å². The van der Waals surface area contributed by atoms with Gasteiger partial charge < -0.3 is 19.9 Å². The highest BCUT2D eigenvalue weighted by atomic mass is 16.5. The summed E-state index contributed by atoms with van der Waals surface area (Å²) in [5, 5.41) is 12.4. The molecule has 1 amide bonds. The first kappa shape index (κ1) is 11.7. The Morgan fingerprint density at radius 1 is 1.29 bits per heavy atom. The average molecular weight is 237 g/mol. The van der Waals surface area contributed by atoms with Gasteiger partial charge in [0.25, 0.3) is 5.91 Å². The van der Waals surface area contributed by atoms with Crippen LogP contribution in [0.3, 0.4) is 0 Å². The summed E-state index contributed by atoms with van der Waals surface area (Å²) < 4.78 is 10.4. The number of carbonyl (C=O) groups is 1. The van der Waals surface area contributed by atoms with Crippen molar-refractivity contribution in [1.29, 1.82) is 0 Å². The number of hydrogen-bond donors (Lipinski definition) is 2. The Labute approximate surface area is 99.3 Å². The highest BCUT2D eigenvalue weighted by Crippen LogP contribution is 2.40. The molecule has 0 aromatic heterocycles. The summed E-state index contributed by atoms with van der Waals surface area (Å²) in [6.45, 7) is 1.62. The summed E-state index contributed by atoms with van der Waals surface area (Å²) in [6.07, 6.45) is -0.693. The van der Waals surface area contributed by atoms with Crippen LogP contribution in [-0.2, 0) is 0 Å². The van der Waals surface area contributed by atoms with Crippen molar-refractivity contribution in [2.24, 2.45) is 0 Å². The van der Waals surface area contributed by atoms with Gasteiger partial charge in [0, 0.05) is 5.56 Å². The van der Waals surface area contributed by atoms with Crippen molar-refractivity contribution >= 4 is 5.91 Å². The Bertz CT molecular complexity index is 456. The molecular formula is C12H15NO4. The molecule has 0 radical (unpaired) electrons. The normalized spacial score (nSPS) is 19.5. The molecule has 2 N–H and O–H groups in total. The molecule has 0 saturated carbocycles. The second kappa shape index (κ2) is 4.25. The molecule has 1 aliphatic rings. The van der Waals surface area contributed by atoms with E-state index in [0.717, 1.165) is 0 Å². The molecule has 92 valence electrons. The number of aliphatic hydroxyl groups is 1. The zero-order valence-electron chi connectivity index (χ0n) is 9.98. The molecule has 0 saturated heterocycles. The number of methoxy groups -OCH3 is 2. The fourth-order valence-corrected chi connectivity index (χ4v) is 2.12. The SMILES string of the molecule is COc1ccc(OC)c2c1C(=O)NC2C(C)O. The summed E-state index contributed by atoms with van der Waals surface area (Å²) in [5.74, 6) is 0.813. The molecule has 5 nitrogen and oxygen atoms in total. The quantitative estimate of drug-likeness (QED) is 0.818. The van der Waals surface area contributed by atoms with Gasteiger partial charge in [-0.25, -0.2) is 0 Å². The maximum Gasteiger partial charge on any atom is 0.256 e. The monoisotopic (exact) mass is 237 g/mol. The number of carbonyl (C=O) groups excluding carboxylic acids is 1. The van der Waals surface area contributed by atoms with E-state index in [1.165, 1.54) is 14.2 Å². The van der Waals surface area contributed by atoms with Crippen LogP contribution < -0.4 is 14.8 Å². The molecular weight excluding hydrogens is 222 g/mol. The van der Waals surface area contributed by atoms with Gasteiger partial charge in [-0.3, -0.25) is 4.79 Å². The van der Waals surface area contributed by atoms with Crippen LogP contribution in [0.15, 0.2) is 12.1 Å². The predicted octanol–water partition coefficient (Wildman–Crippen LogP) is 0.869. The Balaban J connectivity index is 2.64. The Hall–Kier alpha value is -1.75. The van der Waals surface area contributed by atoms with E-state index in [2.05, 4.69) is 5.32 Å². The minimum Gasteiger partial charge on any atom is -0.496 e. The van der Waals surface area contributed by atoms with E-state index in [0.29, 0.717) is 22.6 Å². The van der Waals surface area contributed by atoms with Crippen LogP contribution in [0.25, 0.3) is 0 Å². The predicted molar refractivity (Wildman–Crippen MR) is 61.4 cm³/mol.